The maximum Gasteiger partial charge on any atom is 0.0724 e. The van der Waals surface area contributed by atoms with Gasteiger partial charge in [0.2, 0.25) is 0 Å². The third-order valence-electron chi connectivity index (χ3n) is 2.80. The molecule has 2 rings (SSSR count). The van der Waals surface area contributed by atoms with E-state index in [9.17, 15) is 0 Å². The number of rotatable bonds is 2. The van der Waals surface area contributed by atoms with Gasteiger partial charge in [-0.1, -0.05) is 30.3 Å². The molecule has 0 unspecified atom stereocenters. The molecule has 0 radical (unpaired) electrons. The Hall–Kier alpha value is -1.34. The highest BCUT2D eigenvalue weighted by atomic mass is 16.5. The van der Waals surface area contributed by atoms with Crippen LogP contribution in [0.1, 0.15) is 31.9 Å². The second-order valence-electron chi connectivity index (χ2n) is 5.53. The zero-order chi connectivity index (χ0) is 12.5. The third-order valence-corrected chi connectivity index (χ3v) is 2.80. The van der Waals surface area contributed by atoms with Crippen molar-refractivity contribution in [1.82, 2.24) is 0 Å². The van der Waals surface area contributed by atoms with Gasteiger partial charge in [-0.3, -0.25) is 0 Å². The molecule has 0 N–H and O–H groups in total. The summed E-state index contributed by atoms with van der Waals surface area (Å²) in [6.45, 7) is 9.08. The number of ether oxygens (including phenoxy) is 1. The van der Waals surface area contributed by atoms with E-state index in [4.69, 9.17) is 4.74 Å². The molecule has 0 spiro atoms. The highest BCUT2D eigenvalue weighted by Crippen LogP contribution is 2.22. The SMILES string of the molecule is Cc1cc(COC(C)(C)C)cc2ccccc12. The molecule has 0 aliphatic rings. The number of fused-ring (bicyclic) bond motifs is 1. The minimum atomic E-state index is -0.0838. The minimum Gasteiger partial charge on any atom is -0.371 e. The van der Waals surface area contributed by atoms with Gasteiger partial charge in [0, 0.05) is 0 Å². The van der Waals surface area contributed by atoms with E-state index in [1.165, 1.54) is 21.9 Å². The molecule has 17 heavy (non-hydrogen) atoms. The molecule has 0 atom stereocenters. The zero-order valence-electron chi connectivity index (χ0n) is 11.1. The van der Waals surface area contributed by atoms with Crippen molar-refractivity contribution in [2.75, 3.05) is 0 Å². The van der Waals surface area contributed by atoms with Crippen molar-refractivity contribution >= 4 is 10.8 Å². The Morgan fingerprint density at radius 1 is 1.06 bits per heavy atom. The van der Waals surface area contributed by atoms with E-state index in [-0.39, 0.29) is 5.60 Å². The van der Waals surface area contributed by atoms with Crippen LogP contribution in [-0.4, -0.2) is 5.60 Å². The van der Waals surface area contributed by atoms with Gasteiger partial charge < -0.3 is 4.74 Å². The second-order valence-corrected chi connectivity index (χ2v) is 5.53. The summed E-state index contributed by atoms with van der Waals surface area (Å²) in [5, 5.41) is 2.62. The van der Waals surface area contributed by atoms with E-state index in [1.807, 2.05) is 0 Å². The monoisotopic (exact) mass is 228 g/mol. The molecule has 0 amide bonds. The Kier molecular flexibility index (Phi) is 3.21. The summed E-state index contributed by atoms with van der Waals surface area (Å²) >= 11 is 0. The molecule has 1 nitrogen and oxygen atoms in total. The quantitative estimate of drug-likeness (QED) is 0.737. The van der Waals surface area contributed by atoms with Gasteiger partial charge in [0.05, 0.1) is 12.2 Å². The number of hydrogen-bond donors (Lipinski definition) is 0. The van der Waals surface area contributed by atoms with E-state index in [1.54, 1.807) is 0 Å². The van der Waals surface area contributed by atoms with Crippen molar-refractivity contribution in [1.29, 1.82) is 0 Å². The summed E-state index contributed by atoms with van der Waals surface area (Å²) in [5.74, 6) is 0. The molecule has 0 fully saturated rings. The first-order valence-electron chi connectivity index (χ1n) is 6.08. The van der Waals surface area contributed by atoms with Crippen LogP contribution < -0.4 is 0 Å². The summed E-state index contributed by atoms with van der Waals surface area (Å²) in [6, 6.07) is 12.9. The molecule has 2 aromatic carbocycles. The average molecular weight is 228 g/mol. The lowest BCUT2D eigenvalue weighted by Gasteiger charge is -2.20. The molecule has 0 aliphatic heterocycles. The Labute approximate surface area is 103 Å². The Morgan fingerprint density at radius 2 is 1.76 bits per heavy atom. The lowest BCUT2D eigenvalue weighted by molar-refractivity contribution is -0.0149. The van der Waals surface area contributed by atoms with Crippen LogP contribution in [0.4, 0.5) is 0 Å². The molecule has 0 aliphatic carbocycles. The fraction of sp³-hybridized carbons (Fsp3) is 0.375. The highest BCUT2D eigenvalue weighted by Gasteiger charge is 2.10. The van der Waals surface area contributed by atoms with Crippen LogP contribution in [0.2, 0.25) is 0 Å². The lowest BCUT2D eigenvalue weighted by atomic mass is 10.0. The Bertz CT molecular complexity index is 521. The molecular weight excluding hydrogens is 208 g/mol. The summed E-state index contributed by atoms with van der Waals surface area (Å²) in [7, 11) is 0. The van der Waals surface area contributed by atoms with Crippen molar-refractivity contribution < 1.29 is 4.74 Å². The summed E-state index contributed by atoms with van der Waals surface area (Å²) < 4.78 is 5.82. The summed E-state index contributed by atoms with van der Waals surface area (Å²) in [6.07, 6.45) is 0. The van der Waals surface area contributed by atoms with Crippen molar-refractivity contribution in [3.05, 3.63) is 47.5 Å². The maximum atomic E-state index is 5.82. The predicted octanol–water partition coefficient (Wildman–Crippen LogP) is 4.46. The van der Waals surface area contributed by atoms with Crippen molar-refractivity contribution in [3.8, 4) is 0 Å². The van der Waals surface area contributed by atoms with Crippen LogP contribution in [0.3, 0.4) is 0 Å². The van der Waals surface area contributed by atoms with E-state index in [2.05, 4.69) is 64.1 Å². The lowest BCUT2D eigenvalue weighted by Crippen LogP contribution is -2.18. The third kappa shape index (κ3) is 3.07. The first-order valence-corrected chi connectivity index (χ1v) is 6.08. The van der Waals surface area contributed by atoms with Gasteiger partial charge >= 0.3 is 0 Å². The molecule has 0 heterocycles. The molecule has 0 saturated carbocycles. The van der Waals surface area contributed by atoms with Crippen LogP contribution in [0.15, 0.2) is 36.4 Å². The first kappa shape index (κ1) is 12.1. The van der Waals surface area contributed by atoms with Crippen LogP contribution in [-0.2, 0) is 11.3 Å². The van der Waals surface area contributed by atoms with Crippen molar-refractivity contribution in [2.24, 2.45) is 0 Å². The molecule has 90 valence electrons. The van der Waals surface area contributed by atoms with Crippen LogP contribution in [0.25, 0.3) is 10.8 Å². The highest BCUT2D eigenvalue weighted by molar-refractivity contribution is 5.86. The predicted molar refractivity (Wildman–Crippen MR) is 73.2 cm³/mol. The zero-order valence-corrected chi connectivity index (χ0v) is 11.1. The smallest absolute Gasteiger partial charge is 0.0724 e. The van der Waals surface area contributed by atoms with Gasteiger partial charge in [0.15, 0.2) is 0 Å². The largest absolute Gasteiger partial charge is 0.371 e. The first-order chi connectivity index (χ1) is 7.96. The van der Waals surface area contributed by atoms with Gasteiger partial charge in [-0.2, -0.15) is 0 Å². The fourth-order valence-corrected chi connectivity index (χ4v) is 1.96. The Morgan fingerprint density at radius 3 is 2.47 bits per heavy atom. The summed E-state index contributed by atoms with van der Waals surface area (Å²) in [4.78, 5) is 0. The van der Waals surface area contributed by atoms with Gasteiger partial charge in [-0.15, -0.1) is 0 Å². The van der Waals surface area contributed by atoms with Crippen molar-refractivity contribution in [3.63, 3.8) is 0 Å². The molecule has 2 aromatic rings. The Balaban J connectivity index is 2.31. The van der Waals surface area contributed by atoms with E-state index in [0.717, 1.165) is 0 Å². The van der Waals surface area contributed by atoms with Gasteiger partial charge in [-0.05, 0) is 55.7 Å². The van der Waals surface area contributed by atoms with Crippen molar-refractivity contribution in [2.45, 2.75) is 39.9 Å². The van der Waals surface area contributed by atoms with Gasteiger partial charge in [0.1, 0.15) is 0 Å². The molecule has 0 bridgehead atoms. The van der Waals surface area contributed by atoms with E-state index >= 15 is 0 Å². The minimum absolute atomic E-state index is 0.0838. The second kappa shape index (κ2) is 4.50. The molecular formula is C16H20O. The van der Waals surface area contributed by atoms with Gasteiger partial charge in [-0.25, -0.2) is 0 Å². The molecule has 1 heteroatoms. The number of aryl methyl sites for hydroxylation is 1. The molecule has 0 aromatic heterocycles. The number of benzene rings is 2. The standard InChI is InChI=1S/C16H20O/c1-12-9-13(11-17-16(2,3)4)10-14-7-5-6-8-15(12)14/h5-10H,11H2,1-4H3. The van der Waals surface area contributed by atoms with E-state index in [0.29, 0.717) is 6.61 Å². The molecule has 0 saturated heterocycles. The maximum absolute atomic E-state index is 5.82. The topological polar surface area (TPSA) is 9.23 Å². The van der Waals surface area contributed by atoms with E-state index < -0.39 is 0 Å². The average Bonchev–Trinajstić information content (AvgIpc) is 2.26. The summed E-state index contributed by atoms with van der Waals surface area (Å²) in [5.41, 5.74) is 2.48. The van der Waals surface area contributed by atoms with Crippen LogP contribution in [0.5, 0.6) is 0 Å². The normalized spacial score (nSPS) is 12.0. The fourth-order valence-electron chi connectivity index (χ4n) is 1.96. The van der Waals surface area contributed by atoms with Gasteiger partial charge in [0.25, 0.3) is 0 Å². The van der Waals surface area contributed by atoms with Crippen LogP contribution in [0, 0.1) is 6.92 Å². The number of hydrogen-bond acceptors (Lipinski definition) is 1. The van der Waals surface area contributed by atoms with Crippen LogP contribution >= 0.6 is 0 Å².